The molecule has 0 aliphatic carbocycles. The number of rotatable bonds is 41. The molecule has 0 spiro atoms. The zero-order valence-electron chi connectivity index (χ0n) is 34.8. The predicted molar refractivity (Wildman–Crippen MR) is 222 cm³/mol. The van der Waals surface area contributed by atoms with Crippen LogP contribution in [0.25, 0.3) is 0 Å². The van der Waals surface area contributed by atoms with Crippen LogP contribution in [0.15, 0.2) is 24.3 Å². The summed E-state index contributed by atoms with van der Waals surface area (Å²) in [6.45, 7) is 2.78. The molecule has 0 aliphatic rings. The monoisotopic (exact) mass is 802 g/mol. The number of carboxylic acids is 1. The maximum atomic E-state index is 12.6. The molecular weight excluding hydrogens is 721 g/mol. The van der Waals surface area contributed by atoms with Gasteiger partial charge in [-0.15, -0.1) is 0 Å². The van der Waals surface area contributed by atoms with E-state index in [4.69, 9.17) is 24.8 Å². The van der Waals surface area contributed by atoms with Crippen molar-refractivity contribution >= 4 is 25.7 Å². The Labute approximate surface area is 334 Å². The minimum absolute atomic E-state index is 0.155. The fourth-order valence-corrected chi connectivity index (χ4v) is 6.76. The first-order valence-corrected chi connectivity index (χ1v) is 23.4. The van der Waals surface area contributed by atoms with Crippen molar-refractivity contribution in [3.8, 4) is 0 Å². The van der Waals surface area contributed by atoms with E-state index in [0.29, 0.717) is 12.8 Å². The topological polar surface area (TPSA) is 172 Å². The second kappa shape index (κ2) is 38.8. The zero-order valence-corrected chi connectivity index (χ0v) is 35.7. The maximum Gasteiger partial charge on any atom is 0.472 e. The standard InChI is InChI=1S/C43H80NO10P/c1-3-5-7-9-11-13-15-17-19-20-21-23-25-27-29-31-33-35-42(46)54-39(37-52-55(49,50)53-38-40(44)43(47)48)36-51-41(45)34-32-30-28-26-24-22-18-16-14-12-10-8-6-4-2/h11,13,17,19,39-40H,3-10,12,14-16,18,20-38,44H2,1-2H3,(H,47,48)(H,49,50)/b13-11-,19-17-/t39-,40+/m1/s1. The first kappa shape index (κ1) is 53.0. The molecule has 12 heteroatoms. The van der Waals surface area contributed by atoms with E-state index in [-0.39, 0.29) is 19.4 Å². The van der Waals surface area contributed by atoms with Crippen LogP contribution in [0.3, 0.4) is 0 Å². The summed E-state index contributed by atoms with van der Waals surface area (Å²) in [6, 6.07) is -1.52. The number of allylic oxidation sites excluding steroid dienone is 4. The Kier molecular flexibility index (Phi) is 37.4. The van der Waals surface area contributed by atoms with Crippen LogP contribution in [0.2, 0.25) is 0 Å². The van der Waals surface area contributed by atoms with Crippen molar-refractivity contribution in [3.63, 3.8) is 0 Å². The van der Waals surface area contributed by atoms with Crippen molar-refractivity contribution in [1.29, 1.82) is 0 Å². The summed E-state index contributed by atoms with van der Waals surface area (Å²) in [5.41, 5.74) is 5.33. The number of hydrogen-bond donors (Lipinski definition) is 3. The third-order valence-corrected chi connectivity index (χ3v) is 10.4. The van der Waals surface area contributed by atoms with Crippen LogP contribution >= 0.6 is 7.82 Å². The smallest absolute Gasteiger partial charge is 0.472 e. The molecule has 0 saturated carbocycles. The van der Waals surface area contributed by atoms with Crippen molar-refractivity contribution in [2.24, 2.45) is 5.73 Å². The normalized spacial score (nSPS) is 14.0. The SMILES string of the molecule is CCCCC/C=C\C/C=C\CCCCCCCCCC(=O)O[C@H](COC(=O)CCCCCCCCCCCCCCCC)COP(=O)(O)OC[C@H](N)C(=O)O. The van der Waals surface area contributed by atoms with Crippen LogP contribution in [-0.4, -0.2) is 59.9 Å². The van der Waals surface area contributed by atoms with Gasteiger partial charge in [0.1, 0.15) is 12.6 Å². The van der Waals surface area contributed by atoms with E-state index in [0.717, 1.165) is 57.8 Å². The highest BCUT2D eigenvalue weighted by Crippen LogP contribution is 2.43. The largest absolute Gasteiger partial charge is 0.480 e. The molecule has 0 saturated heterocycles. The summed E-state index contributed by atoms with van der Waals surface area (Å²) in [7, 11) is -4.71. The van der Waals surface area contributed by atoms with Gasteiger partial charge in [0.15, 0.2) is 6.10 Å². The highest BCUT2D eigenvalue weighted by Gasteiger charge is 2.28. The van der Waals surface area contributed by atoms with Crippen molar-refractivity contribution in [2.75, 3.05) is 19.8 Å². The Morgan fingerprint density at radius 2 is 0.964 bits per heavy atom. The molecule has 0 amide bonds. The van der Waals surface area contributed by atoms with Gasteiger partial charge in [-0.2, -0.15) is 0 Å². The second-order valence-corrected chi connectivity index (χ2v) is 16.3. The molecule has 0 fully saturated rings. The number of aliphatic carboxylic acids is 1. The van der Waals surface area contributed by atoms with Gasteiger partial charge in [-0.1, -0.05) is 167 Å². The van der Waals surface area contributed by atoms with Crippen molar-refractivity contribution in [3.05, 3.63) is 24.3 Å². The number of carbonyl (C=O) groups is 3. The fourth-order valence-electron chi connectivity index (χ4n) is 5.98. The van der Waals surface area contributed by atoms with Gasteiger partial charge in [0, 0.05) is 12.8 Å². The number of esters is 2. The summed E-state index contributed by atoms with van der Waals surface area (Å²) in [6.07, 6.45) is 39.5. The Balaban J connectivity index is 4.36. The highest BCUT2D eigenvalue weighted by atomic mass is 31.2. The highest BCUT2D eigenvalue weighted by molar-refractivity contribution is 7.47. The lowest BCUT2D eigenvalue weighted by Crippen LogP contribution is -2.34. The Hall–Kier alpha value is -2.04. The molecule has 322 valence electrons. The van der Waals surface area contributed by atoms with Crippen LogP contribution < -0.4 is 5.73 Å². The molecule has 0 heterocycles. The van der Waals surface area contributed by atoms with E-state index in [9.17, 15) is 23.8 Å². The summed E-state index contributed by atoms with van der Waals surface area (Å²) in [5, 5.41) is 8.88. The molecule has 0 aromatic heterocycles. The Bertz CT molecular complexity index is 1040. The molecule has 11 nitrogen and oxygen atoms in total. The maximum absolute atomic E-state index is 12.6. The third-order valence-electron chi connectivity index (χ3n) is 9.45. The summed E-state index contributed by atoms with van der Waals surface area (Å²) in [4.78, 5) is 45.9. The van der Waals surface area contributed by atoms with Gasteiger partial charge < -0.3 is 25.2 Å². The number of ether oxygens (including phenoxy) is 2. The molecule has 0 aromatic carbocycles. The molecule has 0 rings (SSSR count). The molecule has 55 heavy (non-hydrogen) atoms. The minimum Gasteiger partial charge on any atom is -0.480 e. The first-order valence-electron chi connectivity index (χ1n) is 21.9. The molecule has 0 radical (unpaired) electrons. The van der Waals surface area contributed by atoms with Gasteiger partial charge in [0.25, 0.3) is 0 Å². The van der Waals surface area contributed by atoms with Gasteiger partial charge in [0.05, 0.1) is 13.2 Å². The van der Waals surface area contributed by atoms with E-state index >= 15 is 0 Å². The number of unbranched alkanes of at least 4 members (excludes halogenated alkanes) is 23. The third kappa shape index (κ3) is 38.6. The first-order chi connectivity index (χ1) is 26.6. The molecular formula is C43H80NO10P. The molecule has 0 aromatic rings. The van der Waals surface area contributed by atoms with E-state index < -0.39 is 51.1 Å². The average molecular weight is 802 g/mol. The quantitative estimate of drug-likeness (QED) is 0.0232. The molecule has 1 unspecified atom stereocenters. The van der Waals surface area contributed by atoms with Crippen molar-refractivity contribution < 1.29 is 47.5 Å². The number of phosphoric ester groups is 1. The van der Waals surface area contributed by atoms with Crippen LogP contribution in [0.5, 0.6) is 0 Å². The van der Waals surface area contributed by atoms with Gasteiger partial charge in [-0.25, -0.2) is 4.57 Å². The number of carbonyl (C=O) groups excluding carboxylic acids is 2. The molecule has 4 N–H and O–H groups in total. The lowest BCUT2D eigenvalue weighted by Gasteiger charge is -2.20. The number of hydrogen-bond acceptors (Lipinski definition) is 9. The van der Waals surface area contributed by atoms with Crippen LogP contribution in [0, 0.1) is 0 Å². The Morgan fingerprint density at radius 1 is 0.564 bits per heavy atom. The fraction of sp³-hybridized carbons (Fsp3) is 0.837. The van der Waals surface area contributed by atoms with E-state index in [1.165, 1.54) is 103 Å². The van der Waals surface area contributed by atoms with Crippen molar-refractivity contribution in [2.45, 2.75) is 212 Å². The number of carboxylic acid groups (broad SMARTS) is 1. The number of phosphoric acid groups is 1. The zero-order chi connectivity index (χ0) is 40.7. The van der Waals surface area contributed by atoms with Crippen LogP contribution in [0.1, 0.15) is 200 Å². The summed E-state index contributed by atoms with van der Waals surface area (Å²) in [5.74, 6) is -2.38. The van der Waals surface area contributed by atoms with Gasteiger partial charge in [-0.3, -0.25) is 23.4 Å². The summed E-state index contributed by atoms with van der Waals surface area (Å²) < 4.78 is 32.7. The van der Waals surface area contributed by atoms with E-state index in [1.54, 1.807) is 0 Å². The molecule has 0 aliphatic heterocycles. The summed E-state index contributed by atoms with van der Waals surface area (Å²) >= 11 is 0. The molecule has 0 bridgehead atoms. The minimum atomic E-state index is -4.71. The van der Waals surface area contributed by atoms with Gasteiger partial charge >= 0.3 is 25.7 Å². The average Bonchev–Trinajstić information content (AvgIpc) is 3.16. The number of nitrogens with two attached hydrogens (primary N) is 1. The lowest BCUT2D eigenvalue weighted by molar-refractivity contribution is -0.161. The van der Waals surface area contributed by atoms with E-state index in [1.807, 2.05) is 0 Å². The predicted octanol–water partition coefficient (Wildman–Crippen LogP) is 11.5. The van der Waals surface area contributed by atoms with E-state index in [2.05, 4.69) is 42.7 Å². The lowest BCUT2D eigenvalue weighted by atomic mass is 10.0. The second-order valence-electron chi connectivity index (χ2n) is 14.8. The van der Waals surface area contributed by atoms with Crippen LogP contribution in [-0.2, 0) is 37.5 Å². The van der Waals surface area contributed by atoms with Crippen molar-refractivity contribution in [1.82, 2.24) is 0 Å². The van der Waals surface area contributed by atoms with Gasteiger partial charge in [-0.05, 0) is 44.9 Å². The van der Waals surface area contributed by atoms with Gasteiger partial charge in [0.2, 0.25) is 0 Å². The Morgan fingerprint density at radius 3 is 1.45 bits per heavy atom. The van der Waals surface area contributed by atoms with Crippen LogP contribution in [0.4, 0.5) is 0 Å². The molecule has 3 atom stereocenters.